The normalized spacial score (nSPS) is 27.1. The number of hydrogen-bond donors (Lipinski definition) is 2. The molecule has 4 nitrogen and oxygen atoms in total. The van der Waals surface area contributed by atoms with E-state index in [2.05, 4.69) is 18.4 Å². The molecule has 3 N–H and O–H groups in total. The van der Waals surface area contributed by atoms with E-state index in [0.717, 1.165) is 23.0 Å². The van der Waals surface area contributed by atoms with E-state index in [-0.39, 0.29) is 6.04 Å². The Labute approximate surface area is 120 Å². The monoisotopic (exact) mass is 276 g/mol. The van der Waals surface area contributed by atoms with Crippen LogP contribution in [0.25, 0.3) is 0 Å². The molecule has 1 fully saturated rings. The van der Waals surface area contributed by atoms with Crippen LogP contribution in [0.15, 0.2) is 18.2 Å². The Hall–Kier alpha value is -1.26. The first-order chi connectivity index (χ1) is 9.79. The van der Waals surface area contributed by atoms with Crippen LogP contribution in [0.4, 0.5) is 0 Å². The molecule has 0 radical (unpaired) electrons. The molecule has 0 spiro atoms. The molecule has 1 heterocycles. The van der Waals surface area contributed by atoms with Crippen molar-refractivity contribution < 1.29 is 9.47 Å². The zero-order valence-corrected chi connectivity index (χ0v) is 12.1. The molecule has 1 aliphatic carbocycles. The van der Waals surface area contributed by atoms with Gasteiger partial charge in [0, 0.05) is 5.56 Å². The summed E-state index contributed by atoms with van der Waals surface area (Å²) >= 11 is 0. The van der Waals surface area contributed by atoms with Crippen molar-refractivity contribution in [1.29, 1.82) is 0 Å². The van der Waals surface area contributed by atoms with Crippen LogP contribution in [-0.2, 0) is 0 Å². The van der Waals surface area contributed by atoms with Crippen molar-refractivity contribution in [3.63, 3.8) is 0 Å². The molecule has 1 aromatic rings. The third kappa shape index (κ3) is 2.63. The number of rotatable bonds is 3. The van der Waals surface area contributed by atoms with Gasteiger partial charge in [0.15, 0.2) is 11.5 Å². The van der Waals surface area contributed by atoms with Crippen LogP contribution in [0.5, 0.6) is 11.5 Å². The molecule has 4 heteroatoms. The molecule has 0 amide bonds. The quantitative estimate of drug-likeness (QED) is 0.658. The fourth-order valence-electron chi connectivity index (χ4n) is 3.60. The maximum Gasteiger partial charge on any atom is 0.166 e. The topological polar surface area (TPSA) is 56.5 Å². The van der Waals surface area contributed by atoms with Gasteiger partial charge in [-0.15, -0.1) is 0 Å². The van der Waals surface area contributed by atoms with E-state index >= 15 is 0 Å². The molecule has 3 rings (SSSR count). The van der Waals surface area contributed by atoms with Crippen molar-refractivity contribution in [2.45, 2.75) is 38.6 Å². The van der Waals surface area contributed by atoms with Crippen LogP contribution in [0.3, 0.4) is 0 Å². The van der Waals surface area contributed by atoms with Crippen molar-refractivity contribution in [2.24, 2.45) is 17.7 Å². The van der Waals surface area contributed by atoms with Gasteiger partial charge in [0.1, 0.15) is 13.2 Å². The third-order valence-electron chi connectivity index (χ3n) is 4.56. The Morgan fingerprint density at radius 3 is 2.90 bits per heavy atom. The number of fused-ring (bicyclic) bond motifs is 1. The fourth-order valence-corrected chi connectivity index (χ4v) is 3.60. The van der Waals surface area contributed by atoms with E-state index in [4.69, 9.17) is 15.3 Å². The van der Waals surface area contributed by atoms with Gasteiger partial charge in [-0.2, -0.15) is 0 Å². The van der Waals surface area contributed by atoms with Gasteiger partial charge in [-0.05, 0) is 30.7 Å². The SMILES string of the molecule is CC1CCCC(C(NN)c2cccc3c2OCCO3)C1. The second-order valence-electron chi connectivity index (χ2n) is 6.05. The summed E-state index contributed by atoms with van der Waals surface area (Å²) < 4.78 is 11.5. The summed E-state index contributed by atoms with van der Waals surface area (Å²) in [7, 11) is 0. The second kappa shape index (κ2) is 6.02. The molecule has 3 atom stereocenters. The number of ether oxygens (including phenoxy) is 2. The van der Waals surface area contributed by atoms with Gasteiger partial charge in [-0.3, -0.25) is 11.3 Å². The number of nitrogens with two attached hydrogens (primary N) is 1. The fraction of sp³-hybridized carbons (Fsp3) is 0.625. The smallest absolute Gasteiger partial charge is 0.166 e. The molecule has 1 aromatic carbocycles. The summed E-state index contributed by atoms with van der Waals surface area (Å²) in [4.78, 5) is 0. The summed E-state index contributed by atoms with van der Waals surface area (Å²) in [6.45, 7) is 3.57. The molecular weight excluding hydrogens is 252 g/mol. The van der Waals surface area contributed by atoms with Crippen LogP contribution in [-0.4, -0.2) is 13.2 Å². The molecular formula is C16H24N2O2. The summed E-state index contributed by atoms with van der Waals surface area (Å²) in [6, 6.07) is 6.25. The Balaban J connectivity index is 1.89. The van der Waals surface area contributed by atoms with Gasteiger partial charge < -0.3 is 9.47 Å². The van der Waals surface area contributed by atoms with E-state index in [9.17, 15) is 0 Å². The lowest BCUT2D eigenvalue weighted by atomic mass is 9.76. The Morgan fingerprint density at radius 2 is 2.10 bits per heavy atom. The van der Waals surface area contributed by atoms with Crippen LogP contribution in [0.1, 0.15) is 44.2 Å². The highest BCUT2D eigenvalue weighted by atomic mass is 16.6. The largest absolute Gasteiger partial charge is 0.486 e. The molecule has 0 bridgehead atoms. The summed E-state index contributed by atoms with van der Waals surface area (Å²) in [6.07, 6.45) is 5.07. The van der Waals surface area contributed by atoms with Gasteiger partial charge in [0.2, 0.25) is 0 Å². The zero-order valence-electron chi connectivity index (χ0n) is 12.1. The first-order valence-corrected chi connectivity index (χ1v) is 7.64. The van der Waals surface area contributed by atoms with Crippen molar-refractivity contribution in [2.75, 3.05) is 13.2 Å². The van der Waals surface area contributed by atoms with E-state index in [1.54, 1.807) is 0 Å². The minimum absolute atomic E-state index is 0.148. The number of benzene rings is 1. The zero-order chi connectivity index (χ0) is 13.9. The highest BCUT2D eigenvalue weighted by Gasteiger charge is 2.30. The molecule has 1 saturated carbocycles. The average molecular weight is 276 g/mol. The second-order valence-corrected chi connectivity index (χ2v) is 6.05. The maximum atomic E-state index is 5.87. The van der Waals surface area contributed by atoms with Gasteiger partial charge in [0.05, 0.1) is 6.04 Å². The van der Waals surface area contributed by atoms with Crippen LogP contribution in [0, 0.1) is 11.8 Å². The van der Waals surface area contributed by atoms with Crippen LogP contribution >= 0.6 is 0 Å². The predicted molar refractivity (Wildman–Crippen MR) is 78.6 cm³/mol. The Bertz CT molecular complexity index is 464. The number of hydrogen-bond acceptors (Lipinski definition) is 4. The van der Waals surface area contributed by atoms with Crippen molar-refractivity contribution in [3.8, 4) is 11.5 Å². The van der Waals surface area contributed by atoms with Crippen LogP contribution < -0.4 is 20.7 Å². The predicted octanol–water partition coefficient (Wildman–Crippen LogP) is 2.79. The highest BCUT2D eigenvalue weighted by molar-refractivity contribution is 5.49. The number of hydrazine groups is 1. The van der Waals surface area contributed by atoms with Crippen molar-refractivity contribution in [1.82, 2.24) is 5.43 Å². The van der Waals surface area contributed by atoms with Gasteiger partial charge in [-0.1, -0.05) is 31.9 Å². The van der Waals surface area contributed by atoms with E-state index in [0.29, 0.717) is 19.1 Å². The number of nitrogens with one attached hydrogen (secondary N) is 1. The molecule has 0 aromatic heterocycles. The summed E-state index contributed by atoms with van der Waals surface area (Å²) in [5, 5.41) is 0. The minimum atomic E-state index is 0.148. The van der Waals surface area contributed by atoms with Crippen LogP contribution in [0.2, 0.25) is 0 Å². The molecule has 0 saturated heterocycles. The lowest BCUT2D eigenvalue weighted by Crippen LogP contribution is -2.36. The summed E-state index contributed by atoms with van der Waals surface area (Å²) in [5.74, 6) is 8.94. The Morgan fingerprint density at radius 1 is 1.25 bits per heavy atom. The van der Waals surface area contributed by atoms with E-state index in [1.165, 1.54) is 25.7 Å². The van der Waals surface area contributed by atoms with Gasteiger partial charge in [-0.25, -0.2) is 0 Å². The number of para-hydroxylation sites is 1. The van der Waals surface area contributed by atoms with Gasteiger partial charge >= 0.3 is 0 Å². The lowest BCUT2D eigenvalue weighted by molar-refractivity contribution is 0.163. The molecule has 2 aliphatic rings. The standard InChI is InChI=1S/C16H24N2O2/c1-11-4-2-5-12(10-11)15(18-17)13-6-3-7-14-16(13)20-9-8-19-14/h3,6-7,11-12,15,18H,2,4-5,8-10,17H2,1H3. The van der Waals surface area contributed by atoms with E-state index in [1.807, 2.05) is 12.1 Å². The lowest BCUT2D eigenvalue weighted by Gasteiger charge is -2.34. The van der Waals surface area contributed by atoms with Crippen molar-refractivity contribution in [3.05, 3.63) is 23.8 Å². The Kier molecular flexibility index (Phi) is 4.13. The first kappa shape index (κ1) is 13.7. The third-order valence-corrected chi connectivity index (χ3v) is 4.56. The van der Waals surface area contributed by atoms with E-state index < -0.39 is 0 Å². The summed E-state index contributed by atoms with van der Waals surface area (Å²) in [5.41, 5.74) is 4.17. The molecule has 20 heavy (non-hydrogen) atoms. The molecule has 3 unspecified atom stereocenters. The average Bonchev–Trinajstić information content (AvgIpc) is 2.48. The molecule has 1 aliphatic heterocycles. The van der Waals surface area contributed by atoms with Crippen molar-refractivity contribution >= 4 is 0 Å². The minimum Gasteiger partial charge on any atom is -0.486 e. The highest BCUT2D eigenvalue weighted by Crippen LogP contribution is 2.43. The molecule has 110 valence electrons. The van der Waals surface area contributed by atoms with Gasteiger partial charge in [0.25, 0.3) is 0 Å². The first-order valence-electron chi connectivity index (χ1n) is 7.64. The maximum absolute atomic E-state index is 5.87.